The molecule has 2 N–H and O–H groups in total. The van der Waals surface area contributed by atoms with Gasteiger partial charge in [0.1, 0.15) is 5.82 Å². The third-order valence-electron chi connectivity index (χ3n) is 4.25. The molecule has 9 heteroatoms. The van der Waals surface area contributed by atoms with Gasteiger partial charge in [0, 0.05) is 24.0 Å². The highest BCUT2D eigenvalue weighted by atomic mass is 16.5. The lowest BCUT2D eigenvalue weighted by Crippen LogP contribution is -2.28. The second-order valence-corrected chi connectivity index (χ2v) is 6.87. The molecule has 2 aromatic heterocycles. The molecule has 0 radical (unpaired) electrons. The average molecular weight is 408 g/mol. The van der Waals surface area contributed by atoms with Crippen LogP contribution in [0.15, 0.2) is 36.4 Å². The Morgan fingerprint density at radius 2 is 1.67 bits per heavy atom. The molecule has 9 nitrogen and oxygen atoms in total. The van der Waals surface area contributed by atoms with E-state index in [-0.39, 0.29) is 18.4 Å². The predicted octanol–water partition coefficient (Wildman–Crippen LogP) is 2.10. The molecular formula is C21H24N6O3. The van der Waals surface area contributed by atoms with Crippen molar-refractivity contribution in [2.75, 3.05) is 19.0 Å². The quantitative estimate of drug-likeness (QED) is 0.576. The molecule has 156 valence electrons. The topological polar surface area (TPSA) is 111 Å². The molecule has 0 spiro atoms. The fraction of sp³-hybridized carbons (Fsp3) is 0.286. The molecule has 3 rings (SSSR count). The number of ether oxygens (including phenoxy) is 1. The van der Waals surface area contributed by atoms with E-state index >= 15 is 0 Å². The van der Waals surface area contributed by atoms with Crippen LogP contribution in [0.25, 0.3) is 5.95 Å². The lowest BCUT2D eigenvalue weighted by molar-refractivity contribution is -0.115. The first-order chi connectivity index (χ1) is 14.4. The van der Waals surface area contributed by atoms with Crippen molar-refractivity contribution in [3.05, 3.63) is 64.6 Å². The van der Waals surface area contributed by atoms with E-state index in [1.807, 2.05) is 39.0 Å². The van der Waals surface area contributed by atoms with E-state index in [4.69, 9.17) is 0 Å². The highest BCUT2D eigenvalue weighted by Crippen LogP contribution is 2.15. The molecule has 0 aliphatic heterocycles. The summed E-state index contributed by atoms with van der Waals surface area (Å²) >= 11 is 0. The standard InChI is InChI=1S/C21H24N6O3/c1-13-9-14(2)24-21(23-13)27-18(10-15(3)26-27)25-19(28)12-22-11-16-5-7-17(8-6-16)20(29)30-4/h5-10,22H,11-12H2,1-4H3,(H,25,28). The number of carbonyl (C=O) groups excluding carboxylic acids is 2. The number of rotatable bonds is 7. The zero-order valence-corrected chi connectivity index (χ0v) is 17.4. The number of hydrogen-bond acceptors (Lipinski definition) is 7. The van der Waals surface area contributed by atoms with Crippen LogP contribution in [-0.4, -0.2) is 45.3 Å². The maximum atomic E-state index is 12.4. The van der Waals surface area contributed by atoms with Crippen LogP contribution >= 0.6 is 0 Å². The molecule has 0 saturated heterocycles. The first-order valence-corrected chi connectivity index (χ1v) is 9.43. The van der Waals surface area contributed by atoms with Crippen molar-refractivity contribution in [3.63, 3.8) is 0 Å². The number of esters is 1. The second-order valence-electron chi connectivity index (χ2n) is 6.87. The second kappa shape index (κ2) is 9.27. The van der Waals surface area contributed by atoms with Crippen LogP contribution in [0.4, 0.5) is 5.82 Å². The number of benzene rings is 1. The van der Waals surface area contributed by atoms with Crippen molar-refractivity contribution < 1.29 is 14.3 Å². The first kappa shape index (κ1) is 21.1. The fourth-order valence-corrected chi connectivity index (χ4v) is 2.93. The summed E-state index contributed by atoms with van der Waals surface area (Å²) in [5, 5.41) is 10.3. The summed E-state index contributed by atoms with van der Waals surface area (Å²) in [5.41, 5.74) is 3.81. The predicted molar refractivity (Wildman–Crippen MR) is 111 cm³/mol. The fourth-order valence-electron chi connectivity index (χ4n) is 2.93. The molecule has 0 unspecified atom stereocenters. The molecule has 0 aliphatic carbocycles. The van der Waals surface area contributed by atoms with Gasteiger partial charge in [-0.15, -0.1) is 0 Å². The van der Waals surface area contributed by atoms with E-state index in [9.17, 15) is 9.59 Å². The SMILES string of the molecule is COC(=O)c1ccc(CNCC(=O)Nc2cc(C)nn2-c2nc(C)cc(C)n2)cc1. The Morgan fingerprint density at radius 3 is 2.30 bits per heavy atom. The number of amides is 1. The van der Waals surface area contributed by atoms with Gasteiger partial charge in [0.25, 0.3) is 5.95 Å². The minimum atomic E-state index is -0.381. The van der Waals surface area contributed by atoms with Crippen molar-refractivity contribution in [2.45, 2.75) is 27.3 Å². The van der Waals surface area contributed by atoms with Gasteiger partial charge in [-0.2, -0.15) is 9.78 Å². The monoisotopic (exact) mass is 408 g/mol. The van der Waals surface area contributed by atoms with Gasteiger partial charge >= 0.3 is 5.97 Å². The summed E-state index contributed by atoms with van der Waals surface area (Å²) in [6.07, 6.45) is 0. The molecular weight excluding hydrogens is 384 g/mol. The molecule has 1 amide bonds. The Labute approximate surface area is 174 Å². The van der Waals surface area contributed by atoms with E-state index in [0.717, 1.165) is 22.6 Å². The van der Waals surface area contributed by atoms with Crippen molar-refractivity contribution in [3.8, 4) is 5.95 Å². The van der Waals surface area contributed by atoms with Crippen molar-refractivity contribution >= 4 is 17.7 Å². The molecule has 0 saturated carbocycles. The van der Waals surface area contributed by atoms with Gasteiger partial charge in [-0.1, -0.05) is 12.1 Å². The molecule has 3 aromatic rings. The largest absolute Gasteiger partial charge is 0.465 e. The Bertz CT molecular complexity index is 1040. The van der Waals surface area contributed by atoms with Crippen molar-refractivity contribution in [1.29, 1.82) is 0 Å². The van der Waals surface area contributed by atoms with E-state index < -0.39 is 0 Å². The number of carbonyl (C=O) groups is 2. The highest BCUT2D eigenvalue weighted by Gasteiger charge is 2.13. The summed E-state index contributed by atoms with van der Waals surface area (Å²) < 4.78 is 6.20. The van der Waals surface area contributed by atoms with E-state index in [2.05, 4.69) is 30.4 Å². The van der Waals surface area contributed by atoms with Gasteiger partial charge in [-0.05, 0) is 44.5 Å². The molecule has 0 atom stereocenters. The smallest absolute Gasteiger partial charge is 0.337 e. The third-order valence-corrected chi connectivity index (χ3v) is 4.25. The minimum Gasteiger partial charge on any atom is -0.465 e. The van der Waals surface area contributed by atoms with E-state index in [1.54, 1.807) is 18.2 Å². The Morgan fingerprint density at radius 1 is 1.00 bits per heavy atom. The van der Waals surface area contributed by atoms with Gasteiger partial charge in [-0.25, -0.2) is 14.8 Å². The summed E-state index contributed by atoms with van der Waals surface area (Å²) in [4.78, 5) is 32.7. The number of nitrogens with one attached hydrogen (secondary N) is 2. The molecule has 0 aliphatic rings. The third kappa shape index (κ3) is 5.26. The van der Waals surface area contributed by atoms with Crippen LogP contribution in [0, 0.1) is 20.8 Å². The Hall–Kier alpha value is -3.59. The van der Waals surface area contributed by atoms with Crippen LogP contribution in [0.5, 0.6) is 0 Å². The summed E-state index contributed by atoms with van der Waals surface area (Å²) in [6, 6.07) is 10.6. The maximum absolute atomic E-state index is 12.4. The lowest BCUT2D eigenvalue weighted by Gasteiger charge is -2.09. The molecule has 0 bridgehead atoms. The van der Waals surface area contributed by atoms with Crippen molar-refractivity contribution in [2.24, 2.45) is 0 Å². The maximum Gasteiger partial charge on any atom is 0.337 e. The van der Waals surface area contributed by atoms with E-state index in [1.165, 1.54) is 11.8 Å². The zero-order valence-electron chi connectivity index (χ0n) is 17.4. The number of anilines is 1. The number of hydrogen-bond donors (Lipinski definition) is 2. The Kier molecular flexibility index (Phi) is 6.53. The van der Waals surface area contributed by atoms with Crippen LogP contribution in [0.2, 0.25) is 0 Å². The molecule has 2 heterocycles. The first-order valence-electron chi connectivity index (χ1n) is 9.43. The number of nitrogens with zero attached hydrogens (tertiary/aromatic N) is 4. The zero-order chi connectivity index (χ0) is 21.7. The van der Waals surface area contributed by atoms with Gasteiger partial charge in [0.2, 0.25) is 5.91 Å². The van der Waals surface area contributed by atoms with Crippen molar-refractivity contribution in [1.82, 2.24) is 25.1 Å². The average Bonchev–Trinajstić information content (AvgIpc) is 3.07. The molecule has 30 heavy (non-hydrogen) atoms. The van der Waals surface area contributed by atoms with Crippen LogP contribution in [0.1, 0.15) is 33.0 Å². The summed E-state index contributed by atoms with van der Waals surface area (Å²) in [6.45, 7) is 6.19. The number of methoxy groups -OCH3 is 1. The van der Waals surface area contributed by atoms with Gasteiger partial charge in [0.15, 0.2) is 0 Å². The van der Waals surface area contributed by atoms with Crippen LogP contribution < -0.4 is 10.6 Å². The van der Waals surface area contributed by atoms with Gasteiger partial charge in [-0.3, -0.25) is 4.79 Å². The highest BCUT2D eigenvalue weighted by molar-refractivity contribution is 5.91. The van der Waals surface area contributed by atoms with E-state index in [0.29, 0.717) is 23.9 Å². The number of aromatic nitrogens is 4. The van der Waals surface area contributed by atoms with Gasteiger partial charge in [0.05, 0.1) is 24.9 Å². The minimum absolute atomic E-state index is 0.108. The normalized spacial score (nSPS) is 10.7. The molecule has 0 fully saturated rings. The summed E-state index contributed by atoms with van der Waals surface area (Å²) in [5.74, 6) is 0.321. The van der Waals surface area contributed by atoms with Gasteiger partial charge < -0.3 is 15.4 Å². The molecule has 1 aromatic carbocycles. The summed E-state index contributed by atoms with van der Waals surface area (Å²) in [7, 11) is 1.34. The number of aryl methyl sites for hydroxylation is 3. The lowest BCUT2D eigenvalue weighted by atomic mass is 10.1. The van der Waals surface area contributed by atoms with Crippen LogP contribution in [-0.2, 0) is 16.1 Å². The van der Waals surface area contributed by atoms with Crippen LogP contribution in [0.3, 0.4) is 0 Å². The Balaban J connectivity index is 1.60.